The minimum atomic E-state index is -0.502. The molecule has 1 aliphatic carbocycles. The Labute approximate surface area is 167 Å². The molecular weight excluding hydrogens is 348 g/mol. The number of carbonyl (C=O) groups is 2. The molecule has 4 nitrogen and oxygen atoms in total. The van der Waals surface area contributed by atoms with E-state index in [1.54, 1.807) is 4.90 Å². The summed E-state index contributed by atoms with van der Waals surface area (Å²) in [7, 11) is 0. The van der Waals surface area contributed by atoms with Gasteiger partial charge in [0.2, 0.25) is 11.8 Å². The number of amides is 2. The van der Waals surface area contributed by atoms with Crippen molar-refractivity contribution in [2.75, 3.05) is 0 Å². The standard InChI is InChI=1S/C24H30N2O2/c1-18-9-8-12-21(15-18)17-26(23(27)16-20-10-4-3-5-11-20)19(2)24(28)25-22-13-6-7-14-22/h3-5,8-12,15,19,22H,6-7,13-14,16-17H2,1-2H3,(H,25,28)/t19-/m0/s1. The van der Waals surface area contributed by atoms with Gasteiger partial charge in [0, 0.05) is 12.6 Å². The molecule has 0 spiro atoms. The number of aryl methyl sites for hydroxylation is 1. The van der Waals surface area contributed by atoms with Gasteiger partial charge in [-0.2, -0.15) is 0 Å². The molecule has 1 fully saturated rings. The molecule has 0 bridgehead atoms. The van der Waals surface area contributed by atoms with Gasteiger partial charge in [0.1, 0.15) is 6.04 Å². The van der Waals surface area contributed by atoms with Crippen molar-refractivity contribution < 1.29 is 9.59 Å². The molecule has 0 heterocycles. The number of hydrogen-bond acceptors (Lipinski definition) is 2. The van der Waals surface area contributed by atoms with Gasteiger partial charge in [0.25, 0.3) is 0 Å². The lowest BCUT2D eigenvalue weighted by Gasteiger charge is -2.30. The first-order valence-electron chi connectivity index (χ1n) is 10.2. The molecule has 28 heavy (non-hydrogen) atoms. The van der Waals surface area contributed by atoms with Crippen LogP contribution in [-0.4, -0.2) is 28.8 Å². The predicted octanol–water partition coefficient (Wildman–Crippen LogP) is 4.01. The van der Waals surface area contributed by atoms with E-state index in [1.807, 2.05) is 62.4 Å². The maximum Gasteiger partial charge on any atom is 0.242 e. The largest absolute Gasteiger partial charge is 0.352 e. The summed E-state index contributed by atoms with van der Waals surface area (Å²) in [5, 5.41) is 3.14. The predicted molar refractivity (Wildman–Crippen MR) is 112 cm³/mol. The Bertz CT molecular complexity index is 797. The normalized spacial score (nSPS) is 15.2. The van der Waals surface area contributed by atoms with E-state index < -0.39 is 6.04 Å². The van der Waals surface area contributed by atoms with E-state index in [2.05, 4.69) is 11.4 Å². The van der Waals surface area contributed by atoms with E-state index in [1.165, 1.54) is 12.8 Å². The fourth-order valence-electron chi connectivity index (χ4n) is 3.85. The molecule has 0 radical (unpaired) electrons. The average Bonchev–Trinajstić information content (AvgIpc) is 3.19. The Morgan fingerprint density at radius 1 is 1.04 bits per heavy atom. The van der Waals surface area contributed by atoms with Gasteiger partial charge >= 0.3 is 0 Å². The lowest BCUT2D eigenvalue weighted by Crippen LogP contribution is -2.50. The van der Waals surface area contributed by atoms with Gasteiger partial charge in [0.15, 0.2) is 0 Å². The van der Waals surface area contributed by atoms with Crippen LogP contribution in [0.4, 0.5) is 0 Å². The molecular formula is C24H30N2O2. The van der Waals surface area contributed by atoms with Crippen LogP contribution >= 0.6 is 0 Å². The maximum atomic E-state index is 13.1. The number of rotatable bonds is 7. The highest BCUT2D eigenvalue weighted by atomic mass is 16.2. The monoisotopic (exact) mass is 378 g/mol. The molecule has 2 amide bonds. The molecule has 0 unspecified atom stereocenters. The Morgan fingerprint density at radius 2 is 1.71 bits per heavy atom. The summed E-state index contributed by atoms with van der Waals surface area (Å²) in [6, 6.07) is 17.6. The van der Waals surface area contributed by atoms with Crippen LogP contribution in [0.5, 0.6) is 0 Å². The first kappa shape index (κ1) is 20.1. The third-order valence-corrected chi connectivity index (χ3v) is 5.50. The smallest absolute Gasteiger partial charge is 0.242 e. The first-order chi connectivity index (χ1) is 13.5. The SMILES string of the molecule is Cc1cccc(CN(C(=O)Cc2ccccc2)[C@@H](C)C(=O)NC2CCCC2)c1. The van der Waals surface area contributed by atoms with Crippen LogP contribution in [-0.2, 0) is 22.6 Å². The highest BCUT2D eigenvalue weighted by Gasteiger charge is 2.28. The molecule has 2 aromatic carbocycles. The van der Waals surface area contributed by atoms with Crippen LogP contribution < -0.4 is 5.32 Å². The molecule has 1 N–H and O–H groups in total. The zero-order valence-electron chi connectivity index (χ0n) is 16.9. The van der Waals surface area contributed by atoms with Crippen molar-refractivity contribution in [2.24, 2.45) is 0 Å². The van der Waals surface area contributed by atoms with Crippen LogP contribution in [0, 0.1) is 6.92 Å². The zero-order valence-corrected chi connectivity index (χ0v) is 16.9. The van der Waals surface area contributed by atoms with E-state index >= 15 is 0 Å². The average molecular weight is 379 g/mol. The number of benzene rings is 2. The number of hydrogen-bond donors (Lipinski definition) is 1. The Kier molecular flexibility index (Phi) is 6.85. The van der Waals surface area contributed by atoms with Crippen LogP contribution in [0.2, 0.25) is 0 Å². The first-order valence-corrected chi connectivity index (χ1v) is 10.2. The van der Waals surface area contributed by atoms with E-state index in [9.17, 15) is 9.59 Å². The summed E-state index contributed by atoms with van der Waals surface area (Å²) < 4.78 is 0. The second-order valence-electron chi connectivity index (χ2n) is 7.84. The number of nitrogens with one attached hydrogen (secondary N) is 1. The van der Waals surface area contributed by atoms with Gasteiger partial charge in [0.05, 0.1) is 6.42 Å². The molecule has 0 aromatic heterocycles. The highest BCUT2D eigenvalue weighted by molar-refractivity contribution is 5.88. The summed E-state index contributed by atoms with van der Waals surface area (Å²) in [5.74, 6) is -0.0808. The van der Waals surface area contributed by atoms with E-state index in [-0.39, 0.29) is 17.9 Å². The lowest BCUT2D eigenvalue weighted by atomic mass is 10.1. The van der Waals surface area contributed by atoms with E-state index in [0.29, 0.717) is 13.0 Å². The van der Waals surface area contributed by atoms with Crippen LogP contribution in [0.25, 0.3) is 0 Å². The van der Waals surface area contributed by atoms with Crippen molar-refractivity contribution >= 4 is 11.8 Å². The summed E-state index contributed by atoms with van der Waals surface area (Å²) in [5.41, 5.74) is 3.16. The fraction of sp³-hybridized carbons (Fsp3) is 0.417. The van der Waals surface area contributed by atoms with Crippen molar-refractivity contribution in [3.63, 3.8) is 0 Å². The molecule has 148 valence electrons. The van der Waals surface area contributed by atoms with Crippen LogP contribution in [0.15, 0.2) is 54.6 Å². The Morgan fingerprint density at radius 3 is 2.39 bits per heavy atom. The third kappa shape index (κ3) is 5.44. The lowest BCUT2D eigenvalue weighted by molar-refractivity contribution is -0.140. The maximum absolute atomic E-state index is 13.1. The van der Waals surface area contributed by atoms with Crippen molar-refractivity contribution in [3.05, 3.63) is 71.3 Å². The second kappa shape index (κ2) is 9.54. The molecule has 4 heteroatoms. The fourth-order valence-corrected chi connectivity index (χ4v) is 3.85. The van der Waals surface area contributed by atoms with Gasteiger partial charge < -0.3 is 10.2 Å². The van der Waals surface area contributed by atoms with Gasteiger partial charge in [-0.1, -0.05) is 73.0 Å². The van der Waals surface area contributed by atoms with Crippen molar-refractivity contribution in [3.8, 4) is 0 Å². The number of carbonyl (C=O) groups excluding carboxylic acids is 2. The Hall–Kier alpha value is -2.62. The van der Waals surface area contributed by atoms with E-state index in [0.717, 1.165) is 29.5 Å². The van der Waals surface area contributed by atoms with Gasteiger partial charge in [-0.25, -0.2) is 0 Å². The molecule has 0 saturated heterocycles. The zero-order chi connectivity index (χ0) is 19.9. The van der Waals surface area contributed by atoms with Crippen molar-refractivity contribution in [1.29, 1.82) is 0 Å². The topological polar surface area (TPSA) is 49.4 Å². The molecule has 3 rings (SSSR count). The summed E-state index contributed by atoms with van der Waals surface area (Å²) >= 11 is 0. The molecule has 1 saturated carbocycles. The molecule has 2 aromatic rings. The summed E-state index contributed by atoms with van der Waals surface area (Å²) in [6.45, 7) is 4.31. The molecule has 1 aliphatic rings. The van der Waals surface area contributed by atoms with Gasteiger partial charge in [-0.3, -0.25) is 9.59 Å². The third-order valence-electron chi connectivity index (χ3n) is 5.50. The minimum Gasteiger partial charge on any atom is -0.352 e. The van der Waals surface area contributed by atoms with Gasteiger partial charge in [-0.05, 0) is 37.8 Å². The van der Waals surface area contributed by atoms with Gasteiger partial charge in [-0.15, -0.1) is 0 Å². The molecule has 1 atom stereocenters. The van der Waals surface area contributed by atoms with Crippen molar-refractivity contribution in [1.82, 2.24) is 10.2 Å². The minimum absolute atomic E-state index is 0.0261. The summed E-state index contributed by atoms with van der Waals surface area (Å²) in [4.78, 5) is 27.7. The van der Waals surface area contributed by atoms with E-state index in [4.69, 9.17) is 0 Å². The quantitative estimate of drug-likeness (QED) is 0.791. The van der Waals surface area contributed by atoms with Crippen LogP contribution in [0.3, 0.4) is 0 Å². The Balaban J connectivity index is 1.76. The second-order valence-corrected chi connectivity index (χ2v) is 7.84. The summed E-state index contributed by atoms with van der Waals surface area (Å²) in [6.07, 6.45) is 4.70. The highest BCUT2D eigenvalue weighted by Crippen LogP contribution is 2.19. The van der Waals surface area contributed by atoms with Crippen LogP contribution in [0.1, 0.15) is 49.3 Å². The van der Waals surface area contributed by atoms with Crippen molar-refractivity contribution in [2.45, 2.75) is 64.6 Å². The molecule has 0 aliphatic heterocycles. The number of nitrogens with zero attached hydrogens (tertiary/aromatic N) is 1.